The molecule has 0 aliphatic heterocycles. The number of nitrogens with zero attached hydrogens (tertiary/aromatic N) is 2. The first kappa shape index (κ1) is 23.2. The van der Waals surface area contributed by atoms with Crippen LogP contribution in [0.15, 0.2) is 46.3 Å². The standard InChI is InChI=1S/C18H15Cl2N3O6S2/c1-28-17(25)8-23-13-4-3-11(31(21,26)27)7-15(13)30-18(23)22-16(24)9-29-14-5-2-10(19)6-12(14)20/h2-7H,8-9H2,1H3,(H2,21,26,27). The number of ether oxygens (including phenoxy) is 2. The third-order valence-corrected chi connectivity index (χ3v) is 6.45. The van der Waals surface area contributed by atoms with Crippen LogP contribution in [0.4, 0.5) is 0 Å². The minimum atomic E-state index is -3.93. The number of sulfonamides is 1. The van der Waals surface area contributed by atoms with Crippen molar-refractivity contribution in [3.8, 4) is 5.75 Å². The molecule has 31 heavy (non-hydrogen) atoms. The molecule has 0 saturated heterocycles. The number of fused-ring (bicyclic) bond motifs is 1. The van der Waals surface area contributed by atoms with Crippen LogP contribution in [0.2, 0.25) is 10.0 Å². The van der Waals surface area contributed by atoms with Crippen LogP contribution in [0.3, 0.4) is 0 Å². The summed E-state index contributed by atoms with van der Waals surface area (Å²) in [5, 5.41) is 5.83. The summed E-state index contributed by atoms with van der Waals surface area (Å²) in [6.07, 6.45) is 0. The number of primary sulfonamides is 1. The van der Waals surface area contributed by atoms with Crippen LogP contribution in [0.5, 0.6) is 5.75 Å². The summed E-state index contributed by atoms with van der Waals surface area (Å²) in [6.45, 7) is -0.655. The Morgan fingerprint density at radius 2 is 1.94 bits per heavy atom. The zero-order valence-electron chi connectivity index (χ0n) is 15.9. The number of thiazole rings is 1. The van der Waals surface area contributed by atoms with Gasteiger partial charge >= 0.3 is 5.97 Å². The summed E-state index contributed by atoms with van der Waals surface area (Å²) in [7, 11) is -2.70. The van der Waals surface area contributed by atoms with Gasteiger partial charge < -0.3 is 14.0 Å². The summed E-state index contributed by atoms with van der Waals surface area (Å²) in [4.78, 5) is 28.3. The molecule has 0 saturated carbocycles. The zero-order valence-corrected chi connectivity index (χ0v) is 19.0. The van der Waals surface area contributed by atoms with Gasteiger partial charge in [0.25, 0.3) is 5.91 Å². The second-order valence-corrected chi connectivity index (χ2v) is 9.50. The molecule has 0 fully saturated rings. The minimum Gasteiger partial charge on any atom is -0.482 e. The Morgan fingerprint density at radius 3 is 2.58 bits per heavy atom. The Balaban J connectivity index is 1.97. The van der Waals surface area contributed by atoms with Crippen molar-refractivity contribution >= 4 is 66.7 Å². The van der Waals surface area contributed by atoms with Gasteiger partial charge in [0.1, 0.15) is 12.3 Å². The van der Waals surface area contributed by atoms with E-state index in [0.717, 1.165) is 11.3 Å². The first-order valence-corrected chi connectivity index (χ1v) is 11.6. The number of nitrogens with two attached hydrogens (primary N) is 1. The minimum absolute atomic E-state index is 0.106. The summed E-state index contributed by atoms with van der Waals surface area (Å²) in [5.74, 6) is -0.970. The molecule has 0 radical (unpaired) electrons. The maximum Gasteiger partial charge on any atom is 0.325 e. The van der Waals surface area contributed by atoms with Gasteiger partial charge in [0.15, 0.2) is 11.4 Å². The van der Waals surface area contributed by atoms with Crippen molar-refractivity contribution in [3.63, 3.8) is 0 Å². The Kier molecular flexibility index (Phi) is 7.02. The van der Waals surface area contributed by atoms with Crippen LogP contribution in [-0.2, 0) is 30.9 Å². The van der Waals surface area contributed by atoms with Gasteiger partial charge in [-0.15, -0.1) is 0 Å². The van der Waals surface area contributed by atoms with Gasteiger partial charge in [-0.25, -0.2) is 13.6 Å². The molecule has 164 valence electrons. The van der Waals surface area contributed by atoms with Crippen molar-refractivity contribution in [2.24, 2.45) is 10.1 Å². The molecule has 1 aromatic heterocycles. The van der Waals surface area contributed by atoms with E-state index in [1.54, 1.807) is 6.07 Å². The molecule has 2 N–H and O–H groups in total. The molecule has 0 unspecified atom stereocenters. The Labute approximate surface area is 190 Å². The Morgan fingerprint density at radius 1 is 1.19 bits per heavy atom. The molecule has 0 spiro atoms. The largest absolute Gasteiger partial charge is 0.482 e. The molecule has 9 nitrogen and oxygen atoms in total. The lowest BCUT2D eigenvalue weighted by molar-refractivity contribution is -0.141. The average molecular weight is 504 g/mol. The van der Waals surface area contributed by atoms with Crippen molar-refractivity contribution in [2.75, 3.05) is 13.7 Å². The van der Waals surface area contributed by atoms with Crippen molar-refractivity contribution in [1.29, 1.82) is 0 Å². The Hall–Kier alpha value is -2.44. The average Bonchev–Trinajstić information content (AvgIpc) is 3.02. The summed E-state index contributed by atoms with van der Waals surface area (Å²) >= 11 is 12.8. The molecule has 3 rings (SSSR count). The van der Waals surface area contributed by atoms with Gasteiger partial charge in [-0.3, -0.25) is 9.59 Å². The zero-order chi connectivity index (χ0) is 22.8. The van der Waals surface area contributed by atoms with Crippen molar-refractivity contribution in [1.82, 2.24) is 4.57 Å². The number of hydrogen-bond donors (Lipinski definition) is 1. The number of rotatable bonds is 6. The topological polar surface area (TPSA) is 130 Å². The fourth-order valence-corrected chi connectivity index (χ4v) is 4.70. The van der Waals surface area contributed by atoms with E-state index in [0.29, 0.717) is 15.2 Å². The van der Waals surface area contributed by atoms with Gasteiger partial charge in [-0.2, -0.15) is 4.99 Å². The van der Waals surface area contributed by atoms with Gasteiger partial charge in [-0.1, -0.05) is 34.5 Å². The van der Waals surface area contributed by atoms with Crippen molar-refractivity contribution in [2.45, 2.75) is 11.4 Å². The van der Waals surface area contributed by atoms with Crippen LogP contribution in [0.25, 0.3) is 10.2 Å². The second kappa shape index (κ2) is 9.37. The number of esters is 1. The van der Waals surface area contributed by atoms with E-state index < -0.39 is 28.5 Å². The van der Waals surface area contributed by atoms with E-state index in [2.05, 4.69) is 4.99 Å². The van der Waals surface area contributed by atoms with Crippen LogP contribution in [0, 0.1) is 0 Å². The fraction of sp³-hybridized carbons (Fsp3) is 0.167. The van der Waals surface area contributed by atoms with Gasteiger partial charge in [0, 0.05) is 5.02 Å². The van der Waals surface area contributed by atoms with Crippen LogP contribution < -0.4 is 14.7 Å². The highest BCUT2D eigenvalue weighted by atomic mass is 35.5. The lowest BCUT2D eigenvalue weighted by Crippen LogP contribution is -2.23. The molecule has 13 heteroatoms. The van der Waals surface area contributed by atoms with E-state index in [4.69, 9.17) is 37.8 Å². The molecule has 3 aromatic rings. The van der Waals surface area contributed by atoms with E-state index in [9.17, 15) is 18.0 Å². The highest BCUT2D eigenvalue weighted by Crippen LogP contribution is 2.27. The highest BCUT2D eigenvalue weighted by molar-refractivity contribution is 7.89. The summed E-state index contributed by atoms with van der Waals surface area (Å²) < 4.78 is 35.2. The third kappa shape index (κ3) is 5.63. The molecule has 0 aliphatic carbocycles. The molecule has 0 aliphatic rings. The normalized spacial score (nSPS) is 12.2. The number of methoxy groups -OCH3 is 1. The predicted octanol–water partition coefficient (Wildman–Crippen LogP) is 2.34. The fourth-order valence-electron chi connectivity index (χ4n) is 2.53. The maximum atomic E-state index is 12.4. The first-order chi connectivity index (χ1) is 14.6. The van der Waals surface area contributed by atoms with E-state index >= 15 is 0 Å². The van der Waals surface area contributed by atoms with Gasteiger partial charge in [0.05, 0.1) is 27.2 Å². The molecular formula is C18H15Cl2N3O6S2. The predicted molar refractivity (Wildman–Crippen MR) is 116 cm³/mol. The second-order valence-electron chi connectivity index (χ2n) is 6.09. The van der Waals surface area contributed by atoms with E-state index in [-0.39, 0.29) is 27.0 Å². The molecule has 0 bridgehead atoms. The number of benzene rings is 2. The van der Waals surface area contributed by atoms with E-state index in [1.807, 2.05) is 0 Å². The van der Waals surface area contributed by atoms with Crippen molar-refractivity contribution < 1.29 is 27.5 Å². The molecule has 2 aromatic carbocycles. The number of carbonyl (C=O) groups excluding carboxylic acids is 2. The van der Waals surface area contributed by atoms with Gasteiger partial charge in [-0.05, 0) is 36.4 Å². The lowest BCUT2D eigenvalue weighted by atomic mass is 10.3. The number of aromatic nitrogens is 1. The number of carbonyl (C=O) groups is 2. The molecule has 1 amide bonds. The SMILES string of the molecule is COC(=O)Cn1c(=NC(=O)COc2ccc(Cl)cc2Cl)sc2cc(S(N)(=O)=O)ccc21. The lowest BCUT2D eigenvalue weighted by Gasteiger charge is -2.06. The smallest absolute Gasteiger partial charge is 0.325 e. The summed E-state index contributed by atoms with van der Waals surface area (Å²) in [6, 6.07) is 8.67. The monoisotopic (exact) mass is 503 g/mol. The van der Waals surface area contributed by atoms with Gasteiger partial charge in [0.2, 0.25) is 10.0 Å². The molecule has 1 heterocycles. The molecule has 0 atom stereocenters. The molecular weight excluding hydrogens is 489 g/mol. The van der Waals surface area contributed by atoms with Crippen molar-refractivity contribution in [3.05, 3.63) is 51.2 Å². The number of hydrogen-bond acceptors (Lipinski definition) is 7. The quantitative estimate of drug-likeness (QED) is 0.513. The summed E-state index contributed by atoms with van der Waals surface area (Å²) in [5.41, 5.74) is 0.482. The Bertz CT molecular complexity index is 1350. The van der Waals surface area contributed by atoms with Crippen LogP contribution in [0.1, 0.15) is 0 Å². The maximum absolute atomic E-state index is 12.4. The number of amides is 1. The van der Waals surface area contributed by atoms with Crippen LogP contribution >= 0.6 is 34.5 Å². The number of halogens is 2. The first-order valence-electron chi connectivity index (χ1n) is 8.47. The van der Waals surface area contributed by atoms with Crippen LogP contribution in [-0.4, -0.2) is 38.6 Å². The highest BCUT2D eigenvalue weighted by Gasteiger charge is 2.15. The van der Waals surface area contributed by atoms with E-state index in [1.165, 1.54) is 42.0 Å². The third-order valence-electron chi connectivity index (χ3n) is 3.96.